The summed E-state index contributed by atoms with van der Waals surface area (Å²) in [5, 5.41) is 9.83. The minimum absolute atomic E-state index is 0.0501. The molecule has 3 aromatic rings. The number of aromatic nitrogens is 3. The van der Waals surface area contributed by atoms with E-state index >= 15 is 0 Å². The lowest BCUT2D eigenvalue weighted by atomic mass is 9.95. The maximum absolute atomic E-state index is 13.2. The Morgan fingerprint density at radius 3 is 2.63 bits per heavy atom. The molecule has 0 bridgehead atoms. The summed E-state index contributed by atoms with van der Waals surface area (Å²) in [5.41, 5.74) is 0.852. The van der Waals surface area contributed by atoms with Gasteiger partial charge < -0.3 is 10.6 Å². The van der Waals surface area contributed by atoms with E-state index in [1.165, 1.54) is 18.5 Å². The lowest BCUT2D eigenvalue weighted by molar-refractivity contribution is -0.137. The Morgan fingerprint density at radius 2 is 1.93 bits per heavy atom. The van der Waals surface area contributed by atoms with Gasteiger partial charge >= 0.3 is 6.18 Å². The lowest BCUT2D eigenvalue weighted by Crippen LogP contribution is -2.31. The first-order valence-electron chi connectivity index (χ1n) is 8.85. The molecule has 2 heterocycles. The summed E-state index contributed by atoms with van der Waals surface area (Å²) < 4.78 is 41.5. The Labute approximate surface area is 177 Å². The molecular formula is C20H15BrF3N5O. The van der Waals surface area contributed by atoms with Gasteiger partial charge in [0, 0.05) is 15.9 Å². The third kappa shape index (κ3) is 3.82. The molecular weight excluding hydrogens is 463 g/mol. The average Bonchev–Trinajstić information content (AvgIpc) is 3.15. The summed E-state index contributed by atoms with van der Waals surface area (Å²) in [4.78, 5) is 17.3. The molecule has 1 aliphatic heterocycles. The largest absolute Gasteiger partial charge is 0.416 e. The van der Waals surface area contributed by atoms with Crippen molar-refractivity contribution in [1.29, 1.82) is 0 Å². The monoisotopic (exact) mass is 477 g/mol. The first kappa shape index (κ1) is 20.1. The lowest BCUT2D eigenvalue weighted by Gasteiger charge is -2.28. The molecule has 0 radical (unpaired) electrons. The number of rotatable bonds is 3. The molecule has 0 saturated heterocycles. The van der Waals surface area contributed by atoms with Gasteiger partial charge in [0.25, 0.3) is 5.91 Å². The van der Waals surface area contributed by atoms with Crippen LogP contribution < -0.4 is 10.6 Å². The predicted octanol–water partition coefficient (Wildman–Crippen LogP) is 4.99. The maximum Gasteiger partial charge on any atom is 0.416 e. The van der Waals surface area contributed by atoms with E-state index in [1.807, 2.05) is 24.3 Å². The fraction of sp³-hybridized carbons (Fsp3) is 0.150. The zero-order valence-electron chi connectivity index (χ0n) is 15.5. The fourth-order valence-corrected chi connectivity index (χ4v) is 3.57. The molecule has 0 spiro atoms. The molecule has 0 fully saturated rings. The smallest absolute Gasteiger partial charge is 0.328 e. The molecule has 6 nitrogen and oxygen atoms in total. The molecule has 0 aliphatic carbocycles. The van der Waals surface area contributed by atoms with E-state index in [-0.39, 0.29) is 5.69 Å². The fourth-order valence-electron chi connectivity index (χ4n) is 3.31. The molecule has 2 aromatic carbocycles. The van der Waals surface area contributed by atoms with Gasteiger partial charge in [0.1, 0.15) is 12.4 Å². The molecule has 0 unspecified atom stereocenters. The van der Waals surface area contributed by atoms with E-state index in [1.54, 1.807) is 11.6 Å². The molecule has 30 heavy (non-hydrogen) atoms. The number of nitrogens with zero attached hydrogens (tertiary/aromatic N) is 3. The summed E-state index contributed by atoms with van der Waals surface area (Å²) in [6.45, 7) is 1.71. The van der Waals surface area contributed by atoms with Crippen LogP contribution in [0.5, 0.6) is 0 Å². The molecule has 0 saturated carbocycles. The molecule has 10 heteroatoms. The van der Waals surface area contributed by atoms with Crippen molar-refractivity contribution in [2.75, 3.05) is 10.6 Å². The van der Waals surface area contributed by atoms with Crippen molar-refractivity contribution in [3.8, 4) is 0 Å². The Bertz CT molecular complexity index is 1140. The van der Waals surface area contributed by atoms with E-state index in [0.29, 0.717) is 17.2 Å². The van der Waals surface area contributed by atoms with E-state index in [9.17, 15) is 18.0 Å². The first-order chi connectivity index (χ1) is 14.2. The van der Waals surface area contributed by atoms with E-state index in [4.69, 9.17) is 0 Å². The zero-order valence-corrected chi connectivity index (χ0v) is 17.1. The summed E-state index contributed by atoms with van der Waals surface area (Å²) >= 11 is 3.39. The summed E-state index contributed by atoms with van der Waals surface area (Å²) in [7, 11) is 0. The third-order valence-electron chi connectivity index (χ3n) is 4.67. The number of benzene rings is 2. The Kier molecular flexibility index (Phi) is 5.10. The first-order valence-corrected chi connectivity index (χ1v) is 9.64. The van der Waals surface area contributed by atoms with Gasteiger partial charge in [-0.1, -0.05) is 34.1 Å². The van der Waals surface area contributed by atoms with Gasteiger partial charge in [-0.3, -0.25) is 4.79 Å². The number of carbonyl (C=O) groups excluding carboxylic acids is 1. The number of alkyl halides is 3. The highest BCUT2D eigenvalue weighted by Crippen LogP contribution is 2.36. The van der Waals surface area contributed by atoms with Crippen molar-refractivity contribution in [1.82, 2.24) is 14.8 Å². The SMILES string of the molecule is CC1=C(C(=O)Nc2cccc(C(F)(F)F)c2)[C@H](c2ccc(Br)cc2)n2ncnc2N1. The zero-order chi connectivity index (χ0) is 21.5. The summed E-state index contributed by atoms with van der Waals surface area (Å²) in [5.74, 6) is -0.0653. The van der Waals surface area contributed by atoms with Crippen LogP contribution >= 0.6 is 15.9 Å². The molecule has 154 valence electrons. The molecule has 1 aliphatic rings. The number of anilines is 2. The highest BCUT2D eigenvalue weighted by atomic mass is 79.9. The highest BCUT2D eigenvalue weighted by molar-refractivity contribution is 9.10. The number of amides is 1. The highest BCUT2D eigenvalue weighted by Gasteiger charge is 2.34. The van der Waals surface area contributed by atoms with Crippen molar-refractivity contribution in [3.63, 3.8) is 0 Å². The van der Waals surface area contributed by atoms with E-state index in [0.717, 1.165) is 22.2 Å². The van der Waals surface area contributed by atoms with Crippen molar-refractivity contribution >= 4 is 33.5 Å². The summed E-state index contributed by atoms with van der Waals surface area (Å²) in [6, 6.07) is 11.3. The van der Waals surface area contributed by atoms with Crippen LogP contribution in [0.2, 0.25) is 0 Å². The number of nitrogens with one attached hydrogen (secondary N) is 2. The summed E-state index contributed by atoms with van der Waals surface area (Å²) in [6.07, 6.45) is -3.13. The van der Waals surface area contributed by atoms with Crippen LogP contribution in [0.4, 0.5) is 24.8 Å². The van der Waals surface area contributed by atoms with Crippen LogP contribution in [0, 0.1) is 0 Å². The predicted molar refractivity (Wildman–Crippen MR) is 109 cm³/mol. The van der Waals surface area contributed by atoms with Crippen molar-refractivity contribution in [2.45, 2.75) is 19.1 Å². The normalized spacial score (nSPS) is 16.1. The average molecular weight is 478 g/mol. The molecule has 1 amide bonds. The number of fused-ring (bicyclic) bond motifs is 1. The van der Waals surface area contributed by atoms with Crippen LogP contribution in [-0.2, 0) is 11.0 Å². The number of hydrogen-bond acceptors (Lipinski definition) is 4. The van der Waals surface area contributed by atoms with E-state index in [2.05, 4.69) is 36.6 Å². The number of carbonyl (C=O) groups is 1. The van der Waals surface area contributed by atoms with Gasteiger partial charge in [0.2, 0.25) is 5.95 Å². The van der Waals surface area contributed by atoms with Crippen LogP contribution in [0.3, 0.4) is 0 Å². The van der Waals surface area contributed by atoms with Crippen molar-refractivity contribution < 1.29 is 18.0 Å². The molecule has 4 rings (SSSR count). The standard InChI is InChI=1S/C20H15BrF3N5O/c1-11-16(18(30)28-15-4-2-3-13(9-15)20(22,23)24)17(12-5-7-14(21)8-6-12)29-19(27-11)25-10-26-29/h2-10,17H,1H3,(H,28,30)(H,25,26,27)/t17-/m0/s1. The van der Waals surface area contributed by atoms with Gasteiger partial charge in [-0.15, -0.1) is 0 Å². The third-order valence-corrected chi connectivity index (χ3v) is 5.20. The minimum Gasteiger partial charge on any atom is -0.328 e. The second-order valence-electron chi connectivity index (χ2n) is 6.68. The minimum atomic E-state index is -4.50. The van der Waals surface area contributed by atoms with Crippen LogP contribution in [0.25, 0.3) is 0 Å². The van der Waals surface area contributed by atoms with Crippen LogP contribution in [0.15, 0.2) is 70.6 Å². The van der Waals surface area contributed by atoms with Crippen LogP contribution in [-0.4, -0.2) is 20.7 Å². The van der Waals surface area contributed by atoms with Gasteiger partial charge in [0.15, 0.2) is 0 Å². The van der Waals surface area contributed by atoms with Gasteiger partial charge in [-0.05, 0) is 42.8 Å². The Balaban J connectivity index is 1.72. The van der Waals surface area contributed by atoms with Crippen molar-refractivity contribution in [3.05, 3.63) is 81.7 Å². The van der Waals surface area contributed by atoms with E-state index < -0.39 is 23.7 Å². The quantitative estimate of drug-likeness (QED) is 0.557. The van der Waals surface area contributed by atoms with Gasteiger partial charge in [-0.2, -0.15) is 23.3 Å². The van der Waals surface area contributed by atoms with Crippen molar-refractivity contribution in [2.24, 2.45) is 0 Å². The number of hydrogen-bond donors (Lipinski definition) is 2. The van der Waals surface area contributed by atoms with Gasteiger partial charge in [0.05, 0.1) is 11.1 Å². The number of halogens is 4. The maximum atomic E-state index is 13.2. The number of allylic oxidation sites excluding steroid dienone is 1. The Hall–Kier alpha value is -3.14. The van der Waals surface area contributed by atoms with Crippen LogP contribution in [0.1, 0.15) is 24.1 Å². The second kappa shape index (κ2) is 7.60. The molecule has 1 aromatic heterocycles. The second-order valence-corrected chi connectivity index (χ2v) is 7.59. The topological polar surface area (TPSA) is 71.8 Å². The molecule has 1 atom stereocenters. The molecule has 2 N–H and O–H groups in total. The van der Waals surface area contributed by atoms with Gasteiger partial charge in [-0.25, -0.2) is 4.68 Å². The Morgan fingerprint density at radius 1 is 1.20 bits per heavy atom.